The number of nitro groups is 1. The number of carbonyl (C=O) groups is 1. The molecule has 0 unspecified atom stereocenters. The number of rotatable bonds is 4. The summed E-state index contributed by atoms with van der Waals surface area (Å²) in [4.78, 5) is 23.0. The Hall–Kier alpha value is -2.69. The maximum atomic E-state index is 12.6. The quantitative estimate of drug-likeness (QED) is 0.689. The van der Waals surface area contributed by atoms with Crippen molar-refractivity contribution in [1.82, 2.24) is 0 Å². The molecule has 5 nitrogen and oxygen atoms in total. The zero-order chi connectivity index (χ0) is 16.3. The molecule has 0 bridgehead atoms. The summed E-state index contributed by atoms with van der Waals surface area (Å²) in [6.45, 7) is 5.45. The molecule has 0 heterocycles. The maximum Gasteiger partial charge on any atom is 0.271 e. The van der Waals surface area contributed by atoms with Crippen molar-refractivity contribution in [3.05, 3.63) is 69.8 Å². The van der Waals surface area contributed by atoms with Crippen LogP contribution < -0.4 is 5.32 Å². The van der Waals surface area contributed by atoms with E-state index in [-0.39, 0.29) is 11.6 Å². The van der Waals surface area contributed by atoms with Crippen molar-refractivity contribution in [3.8, 4) is 0 Å². The third kappa shape index (κ3) is 3.14. The fourth-order valence-corrected chi connectivity index (χ4v) is 2.12. The molecule has 0 aliphatic carbocycles. The maximum absolute atomic E-state index is 12.6. The van der Waals surface area contributed by atoms with Gasteiger partial charge in [0.25, 0.3) is 5.69 Å². The van der Waals surface area contributed by atoms with Crippen molar-refractivity contribution in [2.75, 3.05) is 5.32 Å². The minimum absolute atomic E-state index is 0.0431. The fraction of sp³-hybridized carbons (Fsp3) is 0.235. The molecular weight excluding hydrogens is 280 g/mol. The number of nitro benzene ring substituents is 1. The average molecular weight is 298 g/mol. The van der Waals surface area contributed by atoms with Gasteiger partial charge in [-0.3, -0.25) is 14.9 Å². The first-order valence-electron chi connectivity index (χ1n) is 6.94. The molecule has 0 spiro atoms. The molecule has 0 aromatic heterocycles. The third-order valence-electron chi connectivity index (χ3n) is 3.74. The van der Waals surface area contributed by atoms with Gasteiger partial charge in [-0.25, -0.2) is 0 Å². The zero-order valence-corrected chi connectivity index (χ0v) is 12.8. The molecule has 0 radical (unpaired) electrons. The lowest BCUT2D eigenvalue weighted by Gasteiger charge is -2.24. The average Bonchev–Trinajstić information content (AvgIpc) is 2.50. The third-order valence-corrected chi connectivity index (χ3v) is 3.74. The fourth-order valence-electron chi connectivity index (χ4n) is 2.12. The summed E-state index contributed by atoms with van der Waals surface area (Å²) < 4.78 is 0. The van der Waals surface area contributed by atoms with Crippen LogP contribution in [0, 0.1) is 17.0 Å². The van der Waals surface area contributed by atoms with Gasteiger partial charge in [-0.2, -0.15) is 0 Å². The van der Waals surface area contributed by atoms with Gasteiger partial charge in [0.05, 0.1) is 16.0 Å². The highest BCUT2D eigenvalue weighted by molar-refractivity contribution is 5.99. The number of hydrogen-bond acceptors (Lipinski definition) is 3. The van der Waals surface area contributed by atoms with Crippen LogP contribution in [0.3, 0.4) is 0 Å². The van der Waals surface area contributed by atoms with Crippen LogP contribution in [0.5, 0.6) is 0 Å². The molecule has 1 N–H and O–H groups in total. The first kappa shape index (κ1) is 15.7. The lowest BCUT2D eigenvalue weighted by Crippen LogP contribution is -2.34. The van der Waals surface area contributed by atoms with Crippen LogP contribution in [-0.2, 0) is 10.2 Å². The summed E-state index contributed by atoms with van der Waals surface area (Å²) in [7, 11) is 0. The molecule has 2 rings (SSSR count). The van der Waals surface area contributed by atoms with Gasteiger partial charge in [-0.1, -0.05) is 36.4 Å². The SMILES string of the molecule is Cc1ccc([N+](=O)[O-])cc1NC(=O)C(C)(C)c1ccccc1. The van der Waals surface area contributed by atoms with E-state index < -0.39 is 10.3 Å². The Morgan fingerprint density at radius 3 is 2.36 bits per heavy atom. The number of anilines is 1. The van der Waals surface area contributed by atoms with Crippen molar-refractivity contribution in [3.63, 3.8) is 0 Å². The van der Waals surface area contributed by atoms with Gasteiger partial charge in [0.15, 0.2) is 0 Å². The highest BCUT2D eigenvalue weighted by atomic mass is 16.6. The van der Waals surface area contributed by atoms with Crippen LogP contribution in [0.25, 0.3) is 0 Å². The highest BCUT2D eigenvalue weighted by Gasteiger charge is 2.30. The van der Waals surface area contributed by atoms with Gasteiger partial charge in [0.2, 0.25) is 5.91 Å². The molecule has 1 amide bonds. The Balaban J connectivity index is 2.29. The van der Waals surface area contributed by atoms with E-state index in [1.54, 1.807) is 13.0 Å². The van der Waals surface area contributed by atoms with Gasteiger partial charge < -0.3 is 5.32 Å². The predicted octanol–water partition coefficient (Wildman–Crippen LogP) is 3.82. The second-order valence-corrected chi connectivity index (χ2v) is 5.70. The first-order chi connectivity index (χ1) is 10.3. The summed E-state index contributed by atoms with van der Waals surface area (Å²) in [6.07, 6.45) is 0. The molecule has 5 heteroatoms. The van der Waals surface area contributed by atoms with Gasteiger partial charge >= 0.3 is 0 Å². The van der Waals surface area contributed by atoms with E-state index in [0.29, 0.717) is 5.69 Å². The van der Waals surface area contributed by atoms with Crippen LogP contribution in [0.1, 0.15) is 25.0 Å². The van der Waals surface area contributed by atoms with Crippen LogP contribution in [0.2, 0.25) is 0 Å². The number of nitrogens with zero attached hydrogens (tertiary/aromatic N) is 1. The molecule has 0 aliphatic heterocycles. The number of aryl methyl sites for hydroxylation is 1. The van der Waals surface area contributed by atoms with Gasteiger partial charge in [0, 0.05) is 12.1 Å². The summed E-state index contributed by atoms with van der Waals surface area (Å²) in [6, 6.07) is 13.9. The van der Waals surface area contributed by atoms with E-state index in [1.807, 2.05) is 44.2 Å². The molecule has 0 aliphatic rings. The molecule has 0 saturated heterocycles. The summed E-state index contributed by atoms with van der Waals surface area (Å²) in [5, 5.41) is 13.7. The van der Waals surface area contributed by atoms with E-state index in [2.05, 4.69) is 5.32 Å². The molecule has 0 fully saturated rings. The predicted molar refractivity (Wildman–Crippen MR) is 85.9 cm³/mol. The van der Waals surface area contributed by atoms with Crippen molar-refractivity contribution in [1.29, 1.82) is 0 Å². The number of benzene rings is 2. The van der Waals surface area contributed by atoms with Crippen molar-refractivity contribution in [2.24, 2.45) is 0 Å². The van der Waals surface area contributed by atoms with Gasteiger partial charge in [-0.15, -0.1) is 0 Å². The van der Waals surface area contributed by atoms with Crippen molar-refractivity contribution in [2.45, 2.75) is 26.2 Å². The van der Waals surface area contributed by atoms with E-state index in [9.17, 15) is 14.9 Å². The molecule has 2 aromatic rings. The van der Waals surface area contributed by atoms with E-state index in [1.165, 1.54) is 12.1 Å². The van der Waals surface area contributed by atoms with Crippen LogP contribution in [0.15, 0.2) is 48.5 Å². The van der Waals surface area contributed by atoms with Crippen molar-refractivity contribution >= 4 is 17.3 Å². The minimum Gasteiger partial charge on any atom is -0.325 e. The van der Waals surface area contributed by atoms with Crippen LogP contribution in [0.4, 0.5) is 11.4 Å². The Kier molecular flexibility index (Phi) is 4.26. The Bertz CT molecular complexity index is 709. The number of carbonyl (C=O) groups excluding carboxylic acids is 1. The summed E-state index contributed by atoms with van der Waals surface area (Å²) in [5.41, 5.74) is 1.35. The lowest BCUT2D eigenvalue weighted by atomic mass is 9.83. The largest absolute Gasteiger partial charge is 0.325 e. The Morgan fingerprint density at radius 1 is 1.14 bits per heavy atom. The smallest absolute Gasteiger partial charge is 0.271 e. The molecule has 22 heavy (non-hydrogen) atoms. The highest BCUT2D eigenvalue weighted by Crippen LogP contribution is 2.27. The minimum atomic E-state index is -0.738. The monoisotopic (exact) mass is 298 g/mol. The van der Waals surface area contributed by atoms with Crippen LogP contribution in [-0.4, -0.2) is 10.8 Å². The topological polar surface area (TPSA) is 72.2 Å². The second-order valence-electron chi connectivity index (χ2n) is 5.70. The molecular formula is C17H18N2O3. The standard InChI is InChI=1S/C17H18N2O3/c1-12-9-10-14(19(21)22)11-15(12)18-16(20)17(2,3)13-7-5-4-6-8-13/h4-11H,1-3H3,(H,18,20). The van der Waals surface area contributed by atoms with Crippen molar-refractivity contribution < 1.29 is 9.72 Å². The number of nitrogens with one attached hydrogen (secondary N) is 1. The number of non-ortho nitro benzene ring substituents is 1. The molecule has 2 aromatic carbocycles. The Labute approximate surface area is 129 Å². The zero-order valence-electron chi connectivity index (χ0n) is 12.8. The van der Waals surface area contributed by atoms with Gasteiger partial charge in [0.1, 0.15) is 0 Å². The van der Waals surface area contributed by atoms with Gasteiger partial charge in [-0.05, 0) is 31.9 Å². The lowest BCUT2D eigenvalue weighted by molar-refractivity contribution is -0.384. The molecule has 0 atom stereocenters. The first-order valence-corrected chi connectivity index (χ1v) is 6.94. The van der Waals surface area contributed by atoms with E-state index >= 15 is 0 Å². The Morgan fingerprint density at radius 2 is 1.77 bits per heavy atom. The number of amides is 1. The number of hydrogen-bond donors (Lipinski definition) is 1. The van der Waals surface area contributed by atoms with E-state index in [0.717, 1.165) is 11.1 Å². The second kappa shape index (κ2) is 5.97. The van der Waals surface area contributed by atoms with E-state index in [4.69, 9.17) is 0 Å². The summed E-state index contributed by atoms with van der Waals surface area (Å²) in [5.74, 6) is -0.206. The normalized spacial score (nSPS) is 11.0. The summed E-state index contributed by atoms with van der Waals surface area (Å²) >= 11 is 0. The molecule has 0 saturated carbocycles. The molecule has 114 valence electrons. The van der Waals surface area contributed by atoms with Crippen LogP contribution >= 0.6 is 0 Å².